The predicted molar refractivity (Wildman–Crippen MR) is 87.1 cm³/mol. The summed E-state index contributed by atoms with van der Waals surface area (Å²) in [7, 11) is 0. The second-order valence-corrected chi connectivity index (χ2v) is 7.10. The molecular weight excluding hydrogens is 276 g/mol. The minimum absolute atomic E-state index is 0.205. The summed E-state index contributed by atoms with van der Waals surface area (Å²) >= 11 is 1.94. The van der Waals surface area contributed by atoms with Crippen molar-refractivity contribution < 1.29 is 4.79 Å². The Morgan fingerprint density at radius 1 is 1.00 bits per heavy atom. The third-order valence-corrected chi connectivity index (χ3v) is 6.04. The van der Waals surface area contributed by atoms with Crippen molar-refractivity contribution >= 4 is 17.5 Å². The van der Waals surface area contributed by atoms with Crippen molar-refractivity contribution in [2.75, 3.05) is 5.75 Å². The van der Waals surface area contributed by atoms with Crippen LogP contribution in [0.15, 0.2) is 53.4 Å². The van der Waals surface area contributed by atoms with E-state index in [0.717, 1.165) is 30.6 Å². The molecule has 2 aliphatic rings. The molecule has 1 aliphatic heterocycles. The Morgan fingerprint density at radius 3 is 2.76 bits per heavy atom. The maximum Gasteiger partial charge on any atom is 0.166 e. The number of ketones is 1. The summed E-state index contributed by atoms with van der Waals surface area (Å²) in [4.78, 5) is 14.1. The monoisotopic (exact) mass is 294 g/mol. The van der Waals surface area contributed by atoms with Crippen LogP contribution in [0.2, 0.25) is 0 Å². The number of carbonyl (C=O) groups excluding carboxylic acids is 1. The van der Waals surface area contributed by atoms with Crippen LogP contribution >= 0.6 is 11.8 Å². The molecular formula is C19H18OS. The molecule has 0 bridgehead atoms. The summed E-state index contributed by atoms with van der Waals surface area (Å²) in [6.07, 6.45) is 3.07. The zero-order chi connectivity index (χ0) is 14.2. The van der Waals surface area contributed by atoms with Gasteiger partial charge in [0.2, 0.25) is 0 Å². The van der Waals surface area contributed by atoms with Crippen LogP contribution in [0, 0.1) is 5.92 Å². The average molecular weight is 294 g/mol. The highest BCUT2D eigenvalue weighted by Gasteiger charge is 2.32. The number of hydrogen-bond acceptors (Lipinski definition) is 2. The summed E-state index contributed by atoms with van der Waals surface area (Å²) in [5, 5.41) is 0. The Hall–Kier alpha value is -1.54. The van der Waals surface area contributed by atoms with E-state index in [9.17, 15) is 4.79 Å². The third-order valence-electron chi connectivity index (χ3n) is 4.78. The molecule has 21 heavy (non-hydrogen) atoms. The Kier molecular flexibility index (Phi) is 3.34. The van der Waals surface area contributed by atoms with E-state index >= 15 is 0 Å². The highest BCUT2D eigenvalue weighted by Crippen LogP contribution is 2.44. The lowest BCUT2D eigenvalue weighted by molar-refractivity contribution is 0.0890. The maximum absolute atomic E-state index is 12.7. The first-order valence-corrected chi connectivity index (χ1v) is 8.65. The normalized spacial score (nSPS) is 23.7. The maximum atomic E-state index is 12.7. The molecule has 0 radical (unpaired) electrons. The van der Waals surface area contributed by atoms with E-state index in [-0.39, 0.29) is 5.92 Å². The van der Waals surface area contributed by atoms with Crippen molar-refractivity contribution in [3.05, 3.63) is 65.2 Å². The van der Waals surface area contributed by atoms with E-state index in [4.69, 9.17) is 0 Å². The minimum Gasteiger partial charge on any atom is -0.294 e. The van der Waals surface area contributed by atoms with Gasteiger partial charge in [-0.3, -0.25) is 4.79 Å². The van der Waals surface area contributed by atoms with Crippen LogP contribution in [-0.4, -0.2) is 11.5 Å². The lowest BCUT2D eigenvalue weighted by Gasteiger charge is -2.25. The number of benzene rings is 2. The van der Waals surface area contributed by atoms with Gasteiger partial charge in [0.05, 0.1) is 0 Å². The quantitative estimate of drug-likeness (QED) is 0.798. The molecule has 0 saturated heterocycles. The van der Waals surface area contributed by atoms with Gasteiger partial charge in [-0.15, -0.1) is 11.8 Å². The number of hydrogen-bond donors (Lipinski definition) is 0. The van der Waals surface area contributed by atoms with Crippen LogP contribution in [0.1, 0.15) is 40.2 Å². The number of carbonyl (C=O) groups is 1. The third kappa shape index (κ3) is 2.32. The van der Waals surface area contributed by atoms with Crippen molar-refractivity contribution in [2.45, 2.75) is 30.1 Å². The summed E-state index contributed by atoms with van der Waals surface area (Å²) in [5.74, 6) is 2.25. The second kappa shape index (κ2) is 5.34. The molecule has 2 heteroatoms. The molecule has 2 unspecified atom stereocenters. The predicted octanol–water partition coefficient (Wildman–Crippen LogP) is 4.71. The molecule has 0 fully saturated rings. The van der Waals surface area contributed by atoms with Gasteiger partial charge in [0.15, 0.2) is 5.78 Å². The smallest absolute Gasteiger partial charge is 0.166 e. The lowest BCUT2D eigenvalue weighted by atomic mass is 9.77. The minimum atomic E-state index is 0.205. The van der Waals surface area contributed by atoms with E-state index in [1.54, 1.807) is 0 Å². The first kappa shape index (κ1) is 13.1. The first-order valence-electron chi connectivity index (χ1n) is 7.67. The second-order valence-electron chi connectivity index (χ2n) is 6.04. The Morgan fingerprint density at radius 2 is 1.81 bits per heavy atom. The van der Waals surface area contributed by atoms with E-state index in [1.807, 2.05) is 30.0 Å². The Bertz CT molecular complexity index is 691. The standard InChI is InChI=1S/C19H18OS/c20-19-14(10-9-13-5-1-2-7-17(13)19)11-15-12-21-18-8-4-3-6-16(15)18/h1-8,14-15H,9-12H2. The molecule has 1 heterocycles. The molecule has 0 amide bonds. The fraction of sp³-hybridized carbons (Fsp3) is 0.316. The van der Waals surface area contributed by atoms with Crippen molar-refractivity contribution in [2.24, 2.45) is 5.92 Å². The lowest BCUT2D eigenvalue weighted by Crippen LogP contribution is -2.24. The summed E-state index contributed by atoms with van der Waals surface area (Å²) in [6.45, 7) is 0. The van der Waals surface area contributed by atoms with Gasteiger partial charge in [0, 0.05) is 22.1 Å². The summed E-state index contributed by atoms with van der Waals surface area (Å²) < 4.78 is 0. The van der Waals surface area contributed by atoms with Crippen LogP contribution in [0.4, 0.5) is 0 Å². The molecule has 4 rings (SSSR count). The van der Waals surface area contributed by atoms with Gasteiger partial charge in [0.1, 0.15) is 0 Å². The fourth-order valence-corrected chi connectivity index (χ4v) is 4.92. The fourth-order valence-electron chi connectivity index (χ4n) is 3.65. The van der Waals surface area contributed by atoms with Crippen LogP contribution < -0.4 is 0 Å². The van der Waals surface area contributed by atoms with Gasteiger partial charge in [-0.05, 0) is 42.4 Å². The zero-order valence-electron chi connectivity index (χ0n) is 11.9. The molecule has 106 valence electrons. The summed E-state index contributed by atoms with van der Waals surface area (Å²) in [5.41, 5.74) is 3.65. The molecule has 0 N–H and O–H groups in total. The van der Waals surface area contributed by atoms with Crippen molar-refractivity contribution in [3.8, 4) is 0 Å². The highest BCUT2D eigenvalue weighted by molar-refractivity contribution is 7.99. The van der Waals surface area contributed by atoms with Crippen LogP contribution in [-0.2, 0) is 6.42 Å². The molecule has 1 nitrogen and oxygen atoms in total. The average Bonchev–Trinajstić information content (AvgIpc) is 2.94. The number of fused-ring (bicyclic) bond motifs is 2. The van der Waals surface area contributed by atoms with Crippen molar-refractivity contribution in [3.63, 3.8) is 0 Å². The zero-order valence-corrected chi connectivity index (χ0v) is 12.7. The number of thioether (sulfide) groups is 1. The molecule has 1 aliphatic carbocycles. The van der Waals surface area contributed by atoms with Crippen LogP contribution in [0.25, 0.3) is 0 Å². The topological polar surface area (TPSA) is 17.1 Å². The molecule has 0 spiro atoms. The van der Waals surface area contributed by atoms with Gasteiger partial charge >= 0.3 is 0 Å². The SMILES string of the molecule is O=C1c2ccccc2CCC1CC1CSc2ccccc21. The largest absolute Gasteiger partial charge is 0.294 e. The van der Waals surface area contributed by atoms with Gasteiger partial charge in [-0.1, -0.05) is 42.5 Å². The van der Waals surface area contributed by atoms with E-state index in [2.05, 4.69) is 30.3 Å². The van der Waals surface area contributed by atoms with Gasteiger partial charge in [-0.2, -0.15) is 0 Å². The van der Waals surface area contributed by atoms with Gasteiger partial charge in [-0.25, -0.2) is 0 Å². The van der Waals surface area contributed by atoms with E-state index < -0.39 is 0 Å². The van der Waals surface area contributed by atoms with Gasteiger partial charge < -0.3 is 0 Å². The molecule has 0 aromatic heterocycles. The number of Topliss-reactive ketones (excluding diaryl/α,β-unsaturated/α-hetero) is 1. The Labute approximate surface area is 129 Å². The molecule has 0 saturated carbocycles. The number of aryl methyl sites for hydroxylation is 1. The first-order chi connectivity index (χ1) is 10.3. The highest BCUT2D eigenvalue weighted by atomic mass is 32.2. The molecule has 2 atom stereocenters. The van der Waals surface area contributed by atoms with Gasteiger partial charge in [0.25, 0.3) is 0 Å². The van der Waals surface area contributed by atoms with Crippen molar-refractivity contribution in [1.29, 1.82) is 0 Å². The van der Waals surface area contributed by atoms with Crippen LogP contribution in [0.5, 0.6) is 0 Å². The number of rotatable bonds is 2. The Balaban J connectivity index is 1.56. The molecule has 2 aromatic carbocycles. The summed E-state index contributed by atoms with van der Waals surface area (Å²) in [6, 6.07) is 16.8. The van der Waals surface area contributed by atoms with Crippen molar-refractivity contribution in [1.82, 2.24) is 0 Å². The van der Waals surface area contributed by atoms with E-state index in [1.165, 1.54) is 16.0 Å². The molecule has 2 aromatic rings. The van der Waals surface area contributed by atoms with Crippen LogP contribution in [0.3, 0.4) is 0 Å². The van der Waals surface area contributed by atoms with E-state index in [0.29, 0.717) is 11.7 Å².